The molecule has 3 aromatic carbocycles. The molecule has 9 heteroatoms. The van der Waals surface area contributed by atoms with Gasteiger partial charge in [0.1, 0.15) is 5.75 Å². The van der Waals surface area contributed by atoms with Gasteiger partial charge in [0.2, 0.25) is 11.8 Å². The third-order valence-corrected chi connectivity index (χ3v) is 9.51. The van der Waals surface area contributed by atoms with Gasteiger partial charge in [-0.05, 0) is 58.3 Å². The molecule has 0 bridgehead atoms. The van der Waals surface area contributed by atoms with Crippen molar-refractivity contribution in [2.24, 2.45) is 17.8 Å². The number of Topliss-reactive ketones (excluding diaryl/α,β-unsaturated/α-hetero) is 1. The first-order chi connectivity index (χ1) is 20.2. The Hall–Kier alpha value is -4.63. The molecule has 0 saturated carbocycles. The highest BCUT2D eigenvalue weighted by Gasteiger charge is 2.57. The number of anilines is 1. The van der Waals surface area contributed by atoms with Gasteiger partial charge in [0.15, 0.2) is 11.6 Å². The zero-order valence-corrected chi connectivity index (χ0v) is 23.5. The maximum atomic E-state index is 14.0. The summed E-state index contributed by atoms with van der Waals surface area (Å²) in [4.78, 5) is 67.2. The zero-order valence-electron chi connectivity index (χ0n) is 21.9. The molecule has 0 aromatic heterocycles. The van der Waals surface area contributed by atoms with Gasteiger partial charge in [0, 0.05) is 34.1 Å². The summed E-state index contributed by atoms with van der Waals surface area (Å²) in [6.07, 6.45) is 3.44. The largest absolute Gasteiger partial charge is 0.507 e. The Balaban J connectivity index is 1.38. The van der Waals surface area contributed by atoms with E-state index >= 15 is 0 Å². The number of ketones is 2. The SMILES string of the molecule is O=C1C=C(Br)C(=O)C2=C1C(c1ccc3ccccc3c1O)C1=CCC3C(=O)N(c4cccc(C(=O)O)c4)C(=O)C3C1C2. The van der Waals surface area contributed by atoms with Crippen LogP contribution in [0.4, 0.5) is 5.69 Å². The van der Waals surface area contributed by atoms with Crippen LogP contribution in [0.3, 0.4) is 0 Å². The van der Waals surface area contributed by atoms with E-state index in [1.165, 1.54) is 30.3 Å². The zero-order chi connectivity index (χ0) is 29.4. The number of aromatic hydroxyl groups is 1. The van der Waals surface area contributed by atoms with E-state index in [0.29, 0.717) is 10.9 Å². The summed E-state index contributed by atoms with van der Waals surface area (Å²) in [6, 6.07) is 16.6. The number of hydrogen-bond donors (Lipinski definition) is 2. The van der Waals surface area contributed by atoms with Crippen LogP contribution < -0.4 is 4.90 Å². The smallest absolute Gasteiger partial charge is 0.335 e. The van der Waals surface area contributed by atoms with Gasteiger partial charge < -0.3 is 10.2 Å². The van der Waals surface area contributed by atoms with Gasteiger partial charge in [-0.2, -0.15) is 0 Å². The number of allylic oxidation sites excluding steroid dienone is 6. The highest BCUT2D eigenvalue weighted by molar-refractivity contribution is 9.12. The normalized spacial score (nSPS) is 25.2. The molecular formula is C33H22BrNO7. The number of imide groups is 1. The van der Waals surface area contributed by atoms with Crippen LogP contribution >= 0.6 is 15.9 Å². The van der Waals surface area contributed by atoms with E-state index in [1.54, 1.807) is 18.2 Å². The Bertz CT molecular complexity index is 1900. The number of halogens is 1. The number of nitrogens with zero attached hydrogens (tertiary/aromatic N) is 1. The molecule has 0 radical (unpaired) electrons. The van der Waals surface area contributed by atoms with Crippen molar-refractivity contribution in [1.29, 1.82) is 0 Å². The number of fused-ring (bicyclic) bond motifs is 4. The highest BCUT2D eigenvalue weighted by Crippen LogP contribution is 2.57. The number of amides is 2. The second-order valence-corrected chi connectivity index (χ2v) is 11.8. The number of carbonyl (C=O) groups is 5. The van der Waals surface area contributed by atoms with Crippen LogP contribution in [0, 0.1) is 17.8 Å². The molecule has 0 spiro atoms. The molecule has 3 aliphatic carbocycles. The van der Waals surface area contributed by atoms with Gasteiger partial charge >= 0.3 is 5.97 Å². The maximum absolute atomic E-state index is 14.0. The average Bonchev–Trinajstić information content (AvgIpc) is 3.25. The molecule has 7 rings (SSSR count). The second kappa shape index (κ2) is 9.46. The first-order valence-electron chi connectivity index (χ1n) is 13.5. The van der Waals surface area contributed by atoms with Crippen molar-refractivity contribution in [3.05, 3.63) is 105 Å². The number of carbonyl (C=O) groups excluding carboxylic acids is 4. The second-order valence-electron chi connectivity index (χ2n) is 11.0. The minimum Gasteiger partial charge on any atom is -0.507 e. The average molecular weight is 624 g/mol. The van der Waals surface area contributed by atoms with Gasteiger partial charge in [-0.25, -0.2) is 4.79 Å². The minimum absolute atomic E-state index is 0.0107. The van der Waals surface area contributed by atoms with E-state index < -0.39 is 41.5 Å². The van der Waals surface area contributed by atoms with Gasteiger partial charge in [-0.1, -0.05) is 54.1 Å². The van der Waals surface area contributed by atoms with E-state index in [-0.39, 0.29) is 57.0 Å². The number of carboxylic acids is 1. The summed E-state index contributed by atoms with van der Waals surface area (Å²) in [5, 5.41) is 22.3. The third-order valence-electron chi connectivity index (χ3n) is 8.93. The van der Waals surface area contributed by atoms with Crippen molar-refractivity contribution in [2.45, 2.75) is 18.8 Å². The van der Waals surface area contributed by atoms with Gasteiger partial charge in [-0.3, -0.25) is 24.1 Å². The van der Waals surface area contributed by atoms with Crippen molar-refractivity contribution in [1.82, 2.24) is 0 Å². The van der Waals surface area contributed by atoms with Gasteiger partial charge in [-0.15, -0.1) is 0 Å². The van der Waals surface area contributed by atoms with Crippen LogP contribution in [0.25, 0.3) is 10.8 Å². The van der Waals surface area contributed by atoms with Crippen molar-refractivity contribution in [3.63, 3.8) is 0 Å². The number of phenolic OH excluding ortho intramolecular Hbond substituents is 1. The van der Waals surface area contributed by atoms with Crippen LogP contribution in [-0.4, -0.2) is 39.6 Å². The summed E-state index contributed by atoms with van der Waals surface area (Å²) < 4.78 is 0.119. The Labute approximate surface area is 247 Å². The van der Waals surface area contributed by atoms with Crippen LogP contribution in [0.1, 0.15) is 34.7 Å². The van der Waals surface area contributed by atoms with E-state index in [2.05, 4.69) is 15.9 Å². The van der Waals surface area contributed by atoms with Gasteiger partial charge in [0.05, 0.1) is 27.6 Å². The monoisotopic (exact) mass is 623 g/mol. The van der Waals surface area contributed by atoms with E-state index in [0.717, 1.165) is 15.9 Å². The molecule has 3 aromatic rings. The van der Waals surface area contributed by atoms with E-state index in [9.17, 15) is 34.2 Å². The molecule has 8 nitrogen and oxygen atoms in total. The van der Waals surface area contributed by atoms with Crippen LogP contribution in [0.5, 0.6) is 5.75 Å². The molecule has 1 heterocycles. The molecule has 42 heavy (non-hydrogen) atoms. The number of benzene rings is 3. The lowest BCUT2D eigenvalue weighted by atomic mass is 9.59. The van der Waals surface area contributed by atoms with Crippen molar-refractivity contribution >= 4 is 61.7 Å². The molecule has 208 valence electrons. The molecule has 1 fully saturated rings. The molecule has 1 aliphatic heterocycles. The molecule has 2 N–H and O–H groups in total. The highest BCUT2D eigenvalue weighted by atomic mass is 79.9. The fraction of sp³-hybridized carbons (Fsp3) is 0.182. The topological polar surface area (TPSA) is 129 Å². The lowest BCUT2D eigenvalue weighted by molar-refractivity contribution is -0.123. The number of rotatable bonds is 3. The predicted molar refractivity (Wildman–Crippen MR) is 156 cm³/mol. The number of carboxylic acid groups (broad SMARTS) is 1. The Kier molecular flexibility index (Phi) is 5.92. The molecule has 2 amide bonds. The first-order valence-corrected chi connectivity index (χ1v) is 14.3. The Morgan fingerprint density at radius 3 is 2.50 bits per heavy atom. The molecule has 4 unspecified atom stereocenters. The molecule has 4 atom stereocenters. The fourth-order valence-corrected chi connectivity index (χ4v) is 7.55. The van der Waals surface area contributed by atoms with Crippen molar-refractivity contribution in [2.75, 3.05) is 4.90 Å². The minimum atomic E-state index is -1.18. The number of aromatic carboxylic acids is 1. The van der Waals surface area contributed by atoms with Crippen LogP contribution in [-0.2, 0) is 19.2 Å². The summed E-state index contributed by atoms with van der Waals surface area (Å²) in [7, 11) is 0. The van der Waals surface area contributed by atoms with Crippen molar-refractivity contribution in [3.8, 4) is 5.75 Å². The number of phenols is 1. The van der Waals surface area contributed by atoms with E-state index in [4.69, 9.17) is 0 Å². The molecular weight excluding hydrogens is 602 g/mol. The standard InChI is InChI=1S/C33H22BrNO7/c34-24-14-25(36)28-23(30(24)38)13-22-19(26(28)20-9-8-15-4-1-2-7-18(15)29(20)37)10-11-21-27(22)32(40)35(31(21)39)17-6-3-5-16(12-17)33(41)42/h1-10,12,14,21-22,26-27,37H,11,13H2,(H,41,42). The summed E-state index contributed by atoms with van der Waals surface area (Å²) in [5.41, 5.74) is 1.83. The van der Waals surface area contributed by atoms with E-state index in [1.807, 2.05) is 24.3 Å². The van der Waals surface area contributed by atoms with Crippen LogP contribution in [0.15, 0.2) is 94.0 Å². The lowest BCUT2D eigenvalue weighted by Crippen LogP contribution is -2.39. The molecule has 1 saturated heterocycles. The Morgan fingerprint density at radius 2 is 1.71 bits per heavy atom. The number of hydrogen-bond acceptors (Lipinski definition) is 6. The summed E-state index contributed by atoms with van der Waals surface area (Å²) in [5.74, 6) is -5.71. The quantitative estimate of drug-likeness (QED) is 0.233. The van der Waals surface area contributed by atoms with Crippen LogP contribution in [0.2, 0.25) is 0 Å². The lowest BCUT2D eigenvalue weighted by Gasteiger charge is -2.42. The van der Waals surface area contributed by atoms with Gasteiger partial charge in [0.25, 0.3) is 0 Å². The Morgan fingerprint density at radius 1 is 0.929 bits per heavy atom. The van der Waals surface area contributed by atoms with Crippen molar-refractivity contribution < 1.29 is 34.2 Å². The summed E-state index contributed by atoms with van der Waals surface area (Å²) in [6.45, 7) is 0. The third kappa shape index (κ3) is 3.69. The predicted octanol–water partition coefficient (Wildman–Crippen LogP) is 5.21. The fourth-order valence-electron chi connectivity index (χ4n) is 7.10. The molecule has 4 aliphatic rings. The summed E-state index contributed by atoms with van der Waals surface area (Å²) >= 11 is 3.22. The first kappa shape index (κ1) is 26.3. The maximum Gasteiger partial charge on any atom is 0.335 e.